The van der Waals surface area contributed by atoms with E-state index in [0.717, 1.165) is 42.1 Å². The fourth-order valence-corrected chi connectivity index (χ4v) is 5.24. The van der Waals surface area contributed by atoms with Crippen LogP contribution in [0, 0.1) is 0 Å². The highest BCUT2D eigenvalue weighted by Gasteiger charge is 2.10. The van der Waals surface area contributed by atoms with Crippen LogP contribution in [0.5, 0.6) is 0 Å². The molecule has 0 saturated carbocycles. The molecule has 2 aromatic carbocycles. The van der Waals surface area contributed by atoms with E-state index < -0.39 is 0 Å². The molecule has 2 aromatic rings. The molecular weight excluding hydrogens is 472 g/mol. The molecule has 39 heavy (non-hydrogen) atoms. The number of hydrogen-bond donors (Lipinski definition) is 0. The van der Waals surface area contributed by atoms with Crippen LogP contribution < -0.4 is 0 Å². The molecule has 0 bridgehead atoms. The van der Waals surface area contributed by atoms with Crippen molar-refractivity contribution >= 4 is 22.8 Å². The van der Waals surface area contributed by atoms with E-state index in [2.05, 4.69) is 77.9 Å². The van der Waals surface area contributed by atoms with Crippen molar-refractivity contribution in [3.05, 3.63) is 58.7 Å². The summed E-state index contributed by atoms with van der Waals surface area (Å²) in [7, 11) is 0. The Morgan fingerprint density at radius 3 is 1.38 bits per heavy atom. The molecule has 0 radical (unpaired) electrons. The lowest BCUT2D eigenvalue weighted by Gasteiger charge is -2.13. The average Bonchev–Trinajstić information content (AvgIpc) is 2.95. The molecular formula is C37H58N2. The number of rotatable bonds is 20. The smallest absolute Gasteiger partial charge is 0.0636 e. The molecule has 0 heterocycles. The predicted octanol–water partition coefficient (Wildman–Crippen LogP) is 11.9. The Morgan fingerprint density at radius 2 is 0.923 bits per heavy atom. The van der Waals surface area contributed by atoms with Gasteiger partial charge in [-0.05, 0) is 118 Å². The van der Waals surface area contributed by atoms with Gasteiger partial charge in [-0.25, -0.2) is 0 Å². The number of aryl methyl sites for hydroxylation is 4. The van der Waals surface area contributed by atoms with Crippen LogP contribution in [0.4, 0.5) is 11.4 Å². The van der Waals surface area contributed by atoms with Crippen LogP contribution in [0.2, 0.25) is 0 Å². The van der Waals surface area contributed by atoms with Gasteiger partial charge in [0.25, 0.3) is 0 Å². The van der Waals surface area contributed by atoms with Gasteiger partial charge in [-0.15, -0.1) is 0 Å². The molecule has 0 aliphatic rings. The minimum absolute atomic E-state index is 0.995. The van der Waals surface area contributed by atoms with Gasteiger partial charge in [0.05, 0.1) is 22.8 Å². The van der Waals surface area contributed by atoms with Crippen LogP contribution in [0.1, 0.15) is 147 Å². The highest BCUT2D eigenvalue weighted by Crippen LogP contribution is 2.25. The van der Waals surface area contributed by atoms with Gasteiger partial charge >= 0.3 is 0 Å². The van der Waals surface area contributed by atoms with Crippen molar-refractivity contribution in [1.29, 1.82) is 0 Å². The van der Waals surface area contributed by atoms with Crippen LogP contribution in [0.25, 0.3) is 0 Å². The third-order valence-corrected chi connectivity index (χ3v) is 7.82. The summed E-state index contributed by atoms with van der Waals surface area (Å²) in [5.74, 6) is 0. The summed E-state index contributed by atoms with van der Waals surface area (Å²) in [4.78, 5) is 10.4. The second-order valence-corrected chi connectivity index (χ2v) is 11.4. The van der Waals surface area contributed by atoms with E-state index >= 15 is 0 Å². The van der Waals surface area contributed by atoms with Crippen molar-refractivity contribution in [2.24, 2.45) is 9.98 Å². The standard InChI is InChI=1S/C37H58N2/c1-7-12-17-18-23-37(39-36-27-25-32(20-14-9-3)34(29-36)22-16-11-5)30(6)38-35-26-24-31(19-13-8-2)33(28-35)21-15-10-4/h24-29H,7-23H2,1-6H3. The normalized spacial score (nSPS) is 12.4. The molecule has 0 saturated heterocycles. The molecule has 2 rings (SSSR count). The molecule has 2 nitrogen and oxygen atoms in total. The summed E-state index contributed by atoms with van der Waals surface area (Å²) in [5, 5.41) is 0. The molecule has 0 spiro atoms. The zero-order valence-electron chi connectivity index (χ0n) is 26.4. The van der Waals surface area contributed by atoms with Crippen LogP contribution in [-0.4, -0.2) is 11.4 Å². The minimum Gasteiger partial charge on any atom is -0.252 e. The van der Waals surface area contributed by atoms with Gasteiger partial charge in [0.2, 0.25) is 0 Å². The fourth-order valence-electron chi connectivity index (χ4n) is 5.24. The van der Waals surface area contributed by atoms with E-state index in [9.17, 15) is 0 Å². The topological polar surface area (TPSA) is 24.7 Å². The summed E-state index contributed by atoms with van der Waals surface area (Å²) in [6.07, 6.45) is 20.6. The maximum Gasteiger partial charge on any atom is 0.0636 e. The van der Waals surface area contributed by atoms with Crippen molar-refractivity contribution in [1.82, 2.24) is 0 Å². The molecule has 216 valence electrons. The average molecular weight is 531 g/mol. The lowest BCUT2D eigenvalue weighted by molar-refractivity contribution is 0.684. The summed E-state index contributed by atoms with van der Waals surface area (Å²) in [6, 6.07) is 13.9. The lowest BCUT2D eigenvalue weighted by atomic mass is 9.97. The molecule has 0 atom stereocenters. The Hall–Kier alpha value is -2.22. The van der Waals surface area contributed by atoms with Gasteiger partial charge in [0.1, 0.15) is 0 Å². The second-order valence-electron chi connectivity index (χ2n) is 11.4. The van der Waals surface area contributed by atoms with Crippen LogP contribution in [0.3, 0.4) is 0 Å². The maximum absolute atomic E-state index is 5.26. The van der Waals surface area contributed by atoms with Crippen molar-refractivity contribution < 1.29 is 0 Å². The van der Waals surface area contributed by atoms with E-state index in [1.165, 1.54) is 112 Å². The highest BCUT2D eigenvalue weighted by atomic mass is 14.8. The van der Waals surface area contributed by atoms with E-state index in [-0.39, 0.29) is 0 Å². The third kappa shape index (κ3) is 12.2. The second kappa shape index (κ2) is 19.8. The Bertz CT molecular complexity index is 1010. The quantitative estimate of drug-likeness (QED) is 0.120. The first-order valence-electron chi connectivity index (χ1n) is 16.4. The van der Waals surface area contributed by atoms with Gasteiger partial charge in [-0.1, -0.05) is 91.7 Å². The molecule has 0 aliphatic carbocycles. The van der Waals surface area contributed by atoms with E-state index in [4.69, 9.17) is 9.98 Å². The van der Waals surface area contributed by atoms with Gasteiger partial charge in [0.15, 0.2) is 0 Å². The minimum atomic E-state index is 0.995. The van der Waals surface area contributed by atoms with Gasteiger partial charge in [-0.3, -0.25) is 9.98 Å². The Morgan fingerprint density at radius 1 is 0.487 bits per heavy atom. The van der Waals surface area contributed by atoms with E-state index in [1.54, 1.807) is 0 Å². The van der Waals surface area contributed by atoms with Crippen LogP contribution in [0.15, 0.2) is 46.4 Å². The molecule has 2 heteroatoms. The Labute approximate surface area is 241 Å². The monoisotopic (exact) mass is 530 g/mol. The molecule has 0 fully saturated rings. The highest BCUT2D eigenvalue weighted by molar-refractivity contribution is 6.42. The lowest BCUT2D eigenvalue weighted by Crippen LogP contribution is -2.10. The third-order valence-electron chi connectivity index (χ3n) is 7.82. The van der Waals surface area contributed by atoms with Crippen LogP contribution in [-0.2, 0) is 25.7 Å². The van der Waals surface area contributed by atoms with Crippen LogP contribution >= 0.6 is 0 Å². The van der Waals surface area contributed by atoms with Gasteiger partial charge in [0, 0.05) is 0 Å². The van der Waals surface area contributed by atoms with E-state index in [0.29, 0.717) is 0 Å². The molecule has 0 N–H and O–H groups in total. The molecule has 0 aromatic heterocycles. The van der Waals surface area contributed by atoms with Gasteiger partial charge in [-0.2, -0.15) is 0 Å². The maximum atomic E-state index is 5.26. The Balaban J connectivity index is 2.41. The first-order valence-corrected chi connectivity index (χ1v) is 16.4. The summed E-state index contributed by atoms with van der Waals surface area (Å²) < 4.78 is 0. The van der Waals surface area contributed by atoms with Gasteiger partial charge < -0.3 is 0 Å². The van der Waals surface area contributed by atoms with Crippen molar-refractivity contribution in [2.45, 2.75) is 151 Å². The number of nitrogens with zero attached hydrogens (tertiary/aromatic N) is 2. The largest absolute Gasteiger partial charge is 0.252 e. The number of aliphatic imine (C=N–C) groups is 2. The van der Waals surface area contributed by atoms with E-state index in [1.807, 2.05) is 0 Å². The Kier molecular flexibility index (Phi) is 16.7. The zero-order chi connectivity index (χ0) is 28.3. The van der Waals surface area contributed by atoms with Crippen molar-refractivity contribution in [3.8, 4) is 0 Å². The first-order chi connectivity index (χ1) is 19.1. The molecule has 0 aliphatic heterocycles. The summed E-state index contributed by atoms with van der Waals surface area (Å²) >= 11 is 0. The molecule has 0 unspecified atom stereocenters. The predicted molar refractivity (Wildman–Crippen MR) is 176 cm³/mol. The molecule has 0 amide bonds. The summed E-state index contributed by atoms with van der Waals surface area (Å²) in [5.41, 5.74) is 10.4. The first kappa shape index (κ1) is 33.0. The fraction of sp³-hybridized carbons (Fsp3) is 0.622. The summed E-state index contributed by atoms with van der Waals surface area (Å²) in [6.45, 7) is 13.6. The van der Waals surface area contributed by atoms with Crippen molar-refractivity contribution in [2.75, 3.05) is 0 Å². The number of hydrogen-bond acceptors (Lipinski definition) is 2. The zero-order valence-corrected chi connectivity index (χ0v) is 26.4. The number of unbranched alkanes of at least 4 members (excludes halogenated alkanes) is 7. The SMILES string of the molecule is CCCCCCC(=Nc1ccc(CCCC)c(CCCC)c1)C(C)=Nc1ccc(CCCC)c(CCCC)c1. The van der Waals surface area contributed by atoms with Crippen molar-refractivity contribution in [3.63, 3.8) is 0 Å². The number of benzene rings is 2.